The molecule has 0 unspecified atom stereocenters. The van der Waals surface area contributed by atoms with Gasteiger partial charge in [-0.15, -0.1) is 0 Å². The van der Waals surface area contributed by atoms with Gasteiger partial charge in [0.05, 0.1) is 7.11 Å². The molecule has 0 fully saturated rings. The lowest BCUT2D eigenvalue weighted by molar-refractivity contribution is 0.102. The monoisotopic (exact) mass is 303 g/mol. The number of carbonyl (C=O) groups excluding carboxylic acids is 1. The van der Waals surface area contributed by atoms with E-state index in [-0.39, 0.29) is 14.9 Å². The maximum absolute atomic E-state index is 12.7. The minimum absolute atomic E-state index is 0.0767. The van der Waals surface area contributed by atoms with E-state index in [1.165, 1.54) is 19.2 Å². The highest BCUT2D eigenvalue weighted by Crippen LogP contribution is 2.31. The zero-order chi connectivity index (χ0) is 14.0. The van der Waals surface area contributed by atoms with Crippen molar-refractivity contribution < 1.29 is 18.3 Å². The van der Waals surface area contributed by atoms with Crippen LogP contribution in [0.5, 0.6) is 5.75 Å². The predicted molar refractivity (Wildman–Crippen MR) is 68.5 cm³/mol. The molecule has 1 aromatic heterocycles. The molecule has 0 spiro atoms. The Labute approximate surface area is 116 Å². The lowest BCUT2D eigenvalue weighted by Gasteiger charge is -2.03. The number of halogens is 3. The summed E-state index contributed by atoms with van der Waals surface area (Å²) in [5, 5.41) is 0. The van der Waals surface area contributed by atoms with Gasteiger partial charge in [0.25, 0.3) is 6.43 Å². The lowest BCUT2D eigenvalue weighted by Crippen LogP contribution is -2.03. The van der Waals surface area contributed by atoms with Crippen LogP contribution in [0.15, 0.2) is 24.3 Å². The van der Waals surface area contributed by atoms with E-state index in [2.05, 4.69) is 4.98 Å². The van der Waals surface area contributed by atoms with Crippen LogP contribution in [0, 0.1) is 0 Å². The number of nitrogens with zero attached hydrogens (tertiary/aromatic N) is 1. The van der Waals surface area contributed by atoms with Crippen molar-refractivity contribution in [1.29, 1.82) is 0 Å². The van der Waals surface area contributed by atoms with Crippen LogP contribution in [-0.2, 0) is 0 Å². The van der Waals surface area contributed by atoms with Gasteiger partial charge in [0, 0.05) is 5.56 Å². The normalized spacial score (nSPS) is 10.8. The van der Waals surface area contributed by atoms with Crippen molar-refractivity contribution in [1.82, 2.24) is 4.98 Å². The van der Waals surface area contributed by atoms with Crippen LogP contribution < -0.4 is 4.74 Å². The average molecular weight is 304 g/mol. The van der Waals surface area contributed by atoms with Gasteiger partial charge >= 0.3 is 0 Å². The van der Waals surface area contributed by atoms with E-state index >= 15 is 0 Å². The maximum Gasteiger partial charge on any atom is 0.282 e. The molecule has 0 aliphatic carbocycles. The number of hydrogen-bond acceptors (Lipinski definition) is 4. The van der Waals surface area contributed by atoms with E-state index in [1.54, 1.807) is 12.1 Å². The fourth-order valence-electron chi connectivity index (χ4n) is 1.49. The third kappa shape index (κ3) is 2.90. The number of rotatable bonds is 4. The molecular weight excluding hydrogens is 296 g/mol. The second-order valence-electron chi connectivity index (χ2n) is 3.54. The molecule has 0 bridgehead atoms. The molecule has 0 saturated carbocycles. The summed E-state index contributed by atoms with van der Waals surface area (Å²) in [5.74, 6) is 0.0512. The zero-order valence-electron chi connectivity index (χ0n) is 9.69. The van der Waals surface area contributed by atoms with Crippen molar-refractivity contribution in [2.45, 2.75) is 6.43 Å². The molecule has 3 nitrogen and oxygen atoms in total. The number of ether oxygens (including phenoxy) is 1. The Bertz CT molecular complexity index is 598. The summed E-state index contributed by atoms with van der Waals surface area (Å²) in [6, 6.07) is 6.17. The molecule has 2 aromatic rings. The fraction of sp³-hybridized carbons (Fsp3) is 0.167. The Kier molecular flexibility index (Phi) is 4.11. The van der Waals surface area contributed by atoms with Crippen molar-refractivity contribution in [3.8, 4) is 5.75 Å². The van der Waals surface area contributed by atoms with Crippen molar-refractivity contribution in [2.75, 3.05) is 7.11 Å². The summed E-state index contributed by atoms with van der Waals surface area (Å²) in [6.07, 6.45) is -2.83. The highest BCUT2D eigenvalue weighted by Gasteiger charge is 2.24. The van der Waals surface area contributed by atoms with Gasteiger partial charge in [0.15, 0.2) is 4.47 Å². The Morgan fingerprint density at radius 1 is 1.37 bits per heavy atom. The minimum atomic E-state index is -2.83. The van der Waals surface area contributed by atoms with E-state index in [0.717, 1.165) is 11.3 Å². The molecule has 1 aromatic carbocycles. The summed E-state index contributed by atoms with van der Waals surface area (Å²) in [5.41, 5.74) is -0.293. The van der Waals surface area contributed by atoms with Gasteiger partial charge in [-0.1, -0.05) is 22.9 Å². The number of hydrogen-bond donors (Lipinski definition) is 0. The number of alkyl halides is 2. The van der Waals surface area contributed by atoms with Crippen LogP contribution in [0.25, 0.3) is 0 Å². The van der Waals surface area contributed by atoms with Gasteiger partial charge in [-0.3, -0.25) is 4.79 Å². The van der Waals surface area contributed by atoms with Crippen molar-refractivity contribution >= 4 is 28.7 Å². The topological polar surface area (TPSA) is 39.2 Å². The number of aromatic nitrogens is 1. The second-order valence-corrected chi connectivity index (χ2v) is 5.12. The van der Waals surface area contributed by atoms with E-state index in [1.807, 2.05) is 0 Å². The molecule has 0 aliphatic heterocycles. The number of methoxy groups -OCH3 is 1. The van der Waals surface area contributed by atoms with Gasteiger partial charge in [-0.2, -0.15) is 0 Å². The molecule has 0 amide bonds. The Hall–Kier alpha value is -1.53. The van der Waals surface area contributed by atoms with Crippen LogP contribution in [0.2, 0.25) is 4.47 Å². The van der Waals surface area contributed by atoms with Crippen LogP contribution in [0.3, 0.4) is 0 Å². The molecule has 0 saturated heterocycles. The average Bonchev–Trinajstić information content (AvgIpc) is 2.80. The molecule has 2 rings (SSSR count). The summed E-state index contributed by atoms with van der Waals surface area (Å²) >= 11 is 6.34. The molecule has 100 valence electrons. The highest BCUT2D eigenvalue weighted by atomic mass is 35.5. The molecule has 0 N–H and O–H groups in total. The van der Waals surface area contributed by atoms with E-state index in [0.29, 0.717) is 5.75 Å². The van der Waals surface area contributed by atoms with E-state index < -0.39 is 17.9 Å². The largest absolute Gasteiger partial charge is 0.497 e. The molecule has 1 heterocycles. The molecule has 19 heavy (non-hydrogen) atoms. The SMILES string of the molecule is COc1ccc(C(=O)c2sc(Cl)nc2C(F)F)cc1. The smallest absolute Gasteiger partial charge is 0.282 e. The van der Waals surface area contributed by atoms with Crippen LogP contribution in [0.1, 0.15) is 27.4 Å². The Morgan fingerprint density at radius 3 is 2.53 bits per heavy atom. The first-order valence-electron chi connectivity index (χ1n) is 5.16. The lowest BCUT2D eigenvalue weighted by atomic mass is 10.1. The molecule has 0 aliphatic rings. The number of thiazole rings is 1. The van der Waals surface area contributed by atoms with Crippen LogP contribution in [0.4, 0.5) is 8.78 Å². The molecule has 7 heteroatoms. The van der Waals surface area contributed by atoms with Crippen molar-refractivity contribution in [2.24, 2.45) is 0 Å². The quantitative estimate of drug-likeness (QED) is 0.802. The van der Waals surface area contributed by atoms with Gasteiger partial charge in [-0.25, -0.2) is 13.8 Å². The first-order chi connectivity index (χ1) is 9.02. The first kappa shape index (κ1) is 13.9. The summed E-state index contributed by atoms with van der Waals surface area (Å²) in [6.45, 7) is 0. The first-order valence-corrected chi connectivity index (χ1v) is 6.35. The third-order valence-electron chi connectivity index (χ3n) is 2.39. The molecule has 0 atom stereocenters. The standard InChI is InChI=1S/C12H8ClF2NO2S/c1-18-7-4-2-6(3-5-7)9(17)10-8(11(14)15)16-12(13)19-10/h2-5,11H,1H3. The number of benzene rings is 1. The highest BCUT2D eigenvalue weighted by molar-refractivity contribution is 7.17. The van der Waals surface area contributed by atoms with Gasteiger partial charge in [-0.05, 0) is 24.3 Å². The third-order valence-corrected chi connectivity index (χ3v) is 3.57. The fourth-order valence-corrected chi connectivity index (χ4v) is 2.57. The van der Waals surface area contributed by atoms with Crippen molar-refractivity contribution in [3.63, 3.8) is 0 Å². The van der Waals surface area contributed by atoms with E-state index in [4.69, 9.17) is 16.3 Å². The predicted octanol–water partition coefficient (Wildman–Crippen LogP) is 3.97. The summed E-state index contributed by atoms with van der Waals surface area (Å²) in [7, 11) is 1.49. The van der Waals surface area contributed by atoms with Gasteiger partial charge in [0.1, 0.15) is 16.3 Å². The second kappa shape index (κ2) is 5.63. The summed E-state index contributed by atoms with van der Waals surface area (Å²) < 4.78 is 30.4. The minimum Gasteiger partial charge on any atom is -0.497 e. The van der Waals surface area contributed by atoms with E-state index in [9.17, 15) is 13.6 Å². The number of ketones is 1. The maximum atomic E-state index is 12.7. The molecular formula is C12H8ClF2NO2S. The van der Waals surface area contributed by atoms with Gasteiger partial charge < -0.3 is 4.74 Å². The zero-order valence-corrected chi connectivity index (χ0v) is 11.3. The number of carbonyl (C=O) groups is 1. The Morgan fingerprint density at radius 2 is 2.00 bits per heavy atom. The Balaban J connectivity index is 2.37. The van der Waals surface area contributed by atoms with Crippen molar-refractivity contribution in [3.05, 3.63) is 44.9 Å². The van der Waals surface area contributed by atoms with Crippen LogP contribution in [-0.4, -0.2) is 17.9 Å². The molecule has 0 radical (unpaired) electrons. The van der Waals surface area contributed by atoms with Crippen LogP contribution >= 0.6 is 22.9 Å². The van der Waals surface area contributed by atoms with Gasteiger partial charge in [0.2, 0.25) is 5.78 Å². The summed E-state index contributed by atoms with van der Waals surface area (Å²) in [4.78, 5) is 15.5.